The summed E-state index contributed by atoms with van der Waals surface area (Å²) in [6.45, 7) is 9.55. The first-order valence-electron chi connectivity index (χ1n) is 10.7. The van der Waals surface area contributed by atoms with Gasteiger partial charge in [-0.2, -0.15) is 0 Å². The van der Waals surface area contributed by atoms with Crippen LogP contribution in [0.4, 0.5) is 0 Å². The van der Waals surface area contributed by atoms with Crippen molar-refractivity contribution >= 4 is 0 Å². The Morgan fingerprint density at radius 2 is 1.82 bits per heavy atom. The molecule has 0 unspecified atom stereocenters. The molecule has 1 N–H and O–H groups in total. The van der Waals surface area contributed by atoms with E-state index in [2.05, 4.69) is 49.6 Å². The molecule has 1 atom stereocenters. The average Bonchev–Trinajstić information content (AvgIpc) is 3.19. The van der Waals surface area contributed by atoms with Crippen LogP contribution in [0.15, 0.2) is 36.8 Å². The Morgan fingerprint density at radius 3 is 2.50 bits per heavy atom. The first kappa shape index (κ1) is 19.6. The van der Waals surface area contributed by atoms with Crippen molar-refractivity contribution in [1.82, 2.24) is 24.3 Å². The van der Waals surface area contributed by atoms with E-state index in [0.717, 1.165) is 51.5 Å². The first-order chi connectivity index (χ1) is 13.7. The van der Waals surface area contributed by atoms with Crippen molar-refractivity contribution < 1.29 is 5.11 Å². The van der Waals surface area contributed by atoms with Gasteiger partial charge >= 0.3 is 0 Å². The molecule has 28 heavy (non-hydrogen) atoms. The minimum Gasteiger partial charge on any atom is -0.396 e. The Kier molecular flexibility index (Phi) is 6.09. The number of pyridine rings is 1. The van der Waals surface area contributed by atoms with E-state index in [-0.39, 0.29) is 0 Å². The van der Waals surface area contributed by atoms with Crippen molar-refractivity contribution in [1.29, 1.82) is 0 Å². The van der Waals surface area contributed by atoms with Crippen LogP contribution in [-0.2, 0) is 19.6 Å². The van der Waals surface area contributed by atoms with E-state index in [0.29, 0.717) is 17.9 Å². The summed E-state index contributed by atoms with van der Waals surface area (Å²) in [5.74, 6) is 1.53. The highest BCUT2D eigenvalue weighted by atomic mass is 16.3. The van der Waals surface area contributed by atoms with Gasteiger partial charge in [-0.1, -0.05) is 6.07 Å². The molecule has 152 valence electrons. The van der Waals surface area contributed by atoms with Gasteiger partial charge in [0.25, 0.3) is 0 Å². The van der Waals surface area contributed by atoms with Crippen molar-refractivity contribution in [2.24, 2.45) is 11.3 Å². The fourth-order valence-corrected chi connectivity index (χ4v) is 5.09. The summed E-state index contributed by atoms with van der Waals surface area (Å²) in [5, 5.41) is 10.2. The van der Waals surface area contributed by atoms with Crippen LogP contribution in [0.5, 0.6) is 0 Å². The summed E-state index contributed by atoms with van der Waals surface area (Å²) in [5.41, 5.74) is 1.42. The Labute approximate surface area is 168 Å². The van der Waals surface area contributed by atoms with Crippen molar-refractivity contribution in [3.63, 3.8) is 0 Å². The van der Waals surface area contributed by atoms with Gasteiger partial charge in [0.2, 0.25) is 0 Å². The zero-order valence-electron chi connectivity index (χ0n) is 17.0. The summed E-state index contributed by atoms with van der Waals surface area (Å²) in [6, 6.07) is 6.11. The molecular weight excluding hydrogens is 350 g/mol. The topological polar surface area (TPSA) is 57.4 Å². The van der Waals surface area contributed by atoms with Crippen molar-refractivity contribution in [2.75, 3.05) is 32.8 Å². The quantitative estimate of drug-likeness (QED) is 0.830. The standard InChI is InChI=1S/C22H33N5O/c1-2-27-14-10-24-21(27)17-25-11-6-22(7-12-25)8-13-26(15-19(22)18-28)16-20-5-3-4-9-23-20/h3-5,9-10,14,19,28H,2,6-8,11-13,15-18H2,1H3/t19-/m1/s1. The molecule has 2 aromatic rings. The summed E-state index contributed by atoms with van der Waals surface area (Å²) >= 11 is 0. The molecule has 4 rings (SSSR count). The van der Waals surface area contributed by atoms with Crippen molar-refractivity contribution in [3.05, 3.63) is 48.3 Å². The molecule has 0 amide bonds. The zero-order chi connectivity index (χ0) is 19.4. The van der Waals surface area contributed by atoms with E-state index in [1.54, 1.807) is 0 Å². The van der Waals surface area contributed by atoms with E-state index in [1.807, 2.05) is 18.5 Å². The van der Waals surface area contributed by atoms with Crippen LogP contribution in [0.1, 0.15) is 37.7 Å². The molecule has 0 saturated carbocycles. The summed E-state index contributed by atoms with van der Waals surface area (Å²) in [4.78, 5) is 14.0. The van der Waals surface area contributed by atoms with Gasteiger partial charge in [-0.15, -0.1) is 0 Å². The van der Waals surface area contributed by atoms with Gasteiger partial charge in [-0.25, -0.2) is 4.98 Å². The molecule has 2 fully saturated rings. The summed E-state index contributed by atoms with van der Waals surface area (Å²) in [7, 11) is 0. The van der Waals surface area contributed by atoms with Gasteiger partial charge in [0.15, 0.2) is 0 Å². The Bertz CT molecular complexity index is 738. The van der Waals surface area contributed by atoms with Gasteiger partial charge in [0.1, 0.15) is 5.82 Å². The Hall–Kier alpha value is -1.76. The largest absolute Gasteiger partial charge is 0.396 e. The predicted molar refractivity (Wildman–Crippen MR) is 110 cm³/mol. The minimum absolute atomic E-state index is 0.291. The fraction of sp³-hybridized carbons (Fsp3) is 0.636. The lowest BCUT2D eigenvalue weighted by Gasteiger charge is -2.51. The van der Waals surface area contributed by atoms with Crippen LogP contribution in [0, 0.1) is 11.3 Å². The molecule has 6 nitrogen and oxygen atoms in total. The number of piperidine rings is 2. The summed E-state index contributed by atoms with van der Waals surface area (Å²) < 4.78 is 2.23. The number of aromatic nitrogens is 3. The number of nitrogens with zero attached hydrogens (tertiary/aromatic N) is 5. The first-order valence-corrected chi connectivity index (χ1v) is 10.7. The molecule has 2 aliphatic heterocycles. The maximum absolute atomic E-state index is 10.2. The lowest BCUT2D eigenvalue weighted by Crippen LogP contribution is -2.53. The van der Waals surface area contributed by atoms with Gasteiger partial charge < -0.3 is 9.67 Å². The SMILES string of the molecule is CCn1ccnc1CN1CCC2(CC1)CCN(Cc1ccccn1)C[C@@H]2CO. The van der Waals surface area contributed by atoms with E-state index in [1.165, 1.54) is 25.1 Å². The molecule has 0 aromatic carbocycles. The number of aryl methyl sites for hydroxylation is 1. The number of hydrogen-bond donors (Lipinski definition) is 1. The second-order valence-corrected chi connectivity index (χ2v) is 8.45. The van der Waals surface area contributed by atoms with Crippen molar-refractivity contribution in [2.45, 2.75) is 45.8 Å². The third-order valence-corrected chi connectivity index (χ3v) is 6.96. The van der Waals surface area contributed by atoms with Gasteiger partial charge in [-0.05, 0) is 63.4 Å². The van der Waals surface area contributed by atoms with Crippen LogP contribution in [0.3, 0.4) is 0 Å². The van der Waals surface area contributed by atoms with Crippen LogP contribution >= 0.6 is 0 Å². The highest BCUT2D eigenvalue weighted by molar-refractivity contribution is 5.05. The highest BCUT2D eigenvalue weighted by Crippen LogP contribution is 2.45. The van der Waals surface area contributed by atoms with Crippen LogP contribution in [0.2, 0.25) is 0 Å². The molecule has 0 radical (unpaired) electrons. The maximum atomic E-state index is 10.2. The highest BCUT2D eigenvalue weighted by Gasteiger charge is 2.44. The van der Waals surface area contributed by atoms with E-state index < -0.39 is 0 Å². The molecule has 2 aromatic heterocycles. The molecule has 1 spiro atoms. The van der Waals surface area contributed by atoms with E-state index in [4.69, 9.17) is 0 Å². The van der Waals surface area contributed by atoms with Crippen LogP contribution < -0.4 is 0 Å². The number of aliphatic hydroxyl groups excluding tert-OH is 1. The molecular formula is C22H33N5O. The summed E-state index contributed by atoms with van der Waals surface area (Å²) in [6.07, 6.45) is 9.39. The van der Waals surface area contributed by atoms with Crippen LogP contribution in [-0.4, -0.2) is 62.2 Å². The number of imidazole rings is 1. The van der Waals surface area contributed by atoms with E-state index in [9.17, 15) is 5.11 Å². The Morgan fingerprint density at radius 1 is 1.04 bits per heavy atom. The number of likely N-dealkylation sites (tertiary alicyclic amines) is 2. The third-order valence-electron chi connectivity index (χ3n) is 6.96. The fourth-order valence-electron chi connectivity index (χ4n) is 5.09. The number of aliphatic hydroxyl groups is 1. The van der Waals surface area contributed by atoms with Gasteiger partial charge in [-0.3, -0.25) is 14.8 Å². The molecule has 2 aliphatic rings. The van der Waals surface area contributed by atoms with E-state index >= 15 is 0 Å². The minimum atomic E-state index is 0.291. The molecule has 0 aliphatic carbocycles. The zero-order valence-corrected chi connectivity index (χ0v) is 17.0. The van der Waals surface area contributed by atoms with Gasteiger partial charge in [0, 0.05) is 50.7 Å². The molecule has 4 heterocycles. The number of rotatable bonds is 6. The van der Waals surface area contributed by atoms with Crippen molar-refractivity contribution in [3.8, 4) is 0 Å². The maximum Gasteiger partial charge on any atom is 0.122 e. The smallest absolute Gasteiger partial charge is 0.122 e. The second kappa shape index (κ2) is 8.72. The molecule has 2 saturated heterocycles. The normalized spacial score (nSPS) is 23.3. The number of hydrogen-bond acceptors (Lipinski definition) is 5. The van der Waals surface area contributed by atoms with Gasteiger partial charge in [0.05, 0.1) is 12.2 Å². The lowest BCUT2D eigenvalue weighted by atomic mass is 9.64. The molecule has 6 heteroatoms. The average molecular weight is 384 g/mol. The third kappa shape index (κ3) is 4.14. The lowest BCUT2D eigenvalue weighted by molar-refractivity contribution is -0.0456. The van der Waals surface area contributed by atoms with Crippen LogP contribution in [0.25, 0.3) is 0 Å². The monoisotopic (exact) mass is 383 g/mol. The molecule has 0 bridgehead atoms. The Balaban J connectivity index is 1.34. The predicted octanol–water partition coefficient (Wildman–Crippen LogP) is 2.39. The second-order valence-electron chi connectivity index (χ2n) is 8.45.